The second-order valence-electron chi connectivity index (χ2n) is 5.09. The zero-order valence-electron chi connectivity index (χ0n) is 11.6. The maximum Gasteiger partial charge on any atom is 0.276 e. The van der Waals surface area contributed by atoms with Crippen LogP contribution < -0.4 is 20.7 Å². The topological polar surface area (TPSA) is 92.4 Å². The number of rotatable bonds is 1. The summed E-state index contributed by atoms with van der Waals surface area (Å²) in [7, 11) is 1.55. The van der Waals surface area contributed by atoms with E-state index in [4.69, 9.17) is 4.74 Å². The van der Waals surface area contributed by atoms with E-state index >= 15 is 0 Å². The van der Waals surface area contributed by atoms with Crippen LogP contribution in [0.25, 0.3) is 0 Å². The third kappa shape index (κ3) is 1.53. The molecule has 0 saturated carbocycles. The summed E-state index contributed by atoms with van der Waals surface area (Å²) in [4.78, 5) is 29.0. The Morgan fingerprint density at radius 3 is 2.86 bits per heavy atom. The van der Waals surface area contributed by atoms with E-state index in [0.29, 0.717) is 28.4 Å². The van der Waals surface area contributed by atoms with Gasteiger partial charge in [0.2, 0.25) is 5.66 Å². The Labute approximate surface area is 125 Å². The standard InChI is InChI=1S/C15H12N4O3/c1-22-8-4-5-10-11(7-8)17-14(21)15(10)18-12-9(13(20)19-15)3-2-6-16-12/h2-7H,1H3,(H,16,18)(H,17,21)(H,19,20). The lowest BCUT2D eigenvalue weighted by molar-refractivity contribution is -0.120. The Hall–Kier alpha value is -3.09. The van der Waals surface area contributed by atoms with Crippen LogP contribution in [0.5, 0.6) is 5.75 Å². The van der Waals surface area contributed by atoms with Gasteiger partial charge in [-0.15, -0.1) is 0 Å². The summed E-state index contributed by atoms with van der Waals surface area (Å²) in [5.74, 6) is 0.294. The molecule has 110 valence electrons. The SMILES string of the molecule is COc1ccc2c(c1)NC(=O)C21NC(=O)c2cccnc2N1. The molecule has 0 saturated heterocycles. The number of hydrogen-bond acceptors (Lipinski definition) is 5. The fraction of sp³-hybridized carbons (Fsp3) is 0.133. The summed E-state index contributed by atoms with van der Waals surface area (Å²) in [5.41, 5.74) is 0.280. The number of nitrogens with one attached hydrogen (secondary N) is 3. The van der Waals surface area contributed by atoms with Crippen molar-refractivity contribution < 1.29 is 14.3 Å². The van der Waals surface area contributed by atoms with Gasteiger partial charge in [0.05, 0.1) is 18.4 Å². The molecule has 3 heterocycles. The van der Waals surface area contributed by atoms with Crippen LogP contribution in [-0.4, -0.2) is 23.9 Å². The molecule has 2 amide bonds. The fourth-order valence-corrected chi connectivity index (χ4v) is 2.80. The van der Waals surface area contributed by atoms with Gasteiger partial charge in [-0.05, 0) is 24.3 Å². The van der Waals surface area contributed by atoms with E-state index < -0.39 is 5.66 Å². The first-order valence-corrected chi connectivity index (χ1v) is 6.70. The predicted molar refractivity (Wildman–Crippen MR) is 78.6 cm³/mol. The summed E-state index contributed by atoms with van der Waals surface area (Å²) in [6, 6.07) is 8.52. The lowest BCUT2D eigenvalue weighted by atomic mass is 9.97. The van der Waals surface area contributed by atoms with Crippen LogP contribution in [0.15, 0.2) is 36.5 Å². The Morgan fingerprint density at radius 2 is 2.05 bits per heavy atom. The van der Waals surface area contributed by atoms with E-state index in [1.165, 1.54) is 0 Å². The normalized spacial score (nSPS) is 21.5. The minimum absolute atomic E-state index is 0.347. The third-order valence-corrected chi connectivity index (χ3v) is 3.88. The lowest BCUT2D eigenvalue weighted by Gasteiger charge is -2.34. The first-order chi connectivity index (χ1) is 10.6. The van der Waals surface area contributed by atoms with Crippen LogP contribution in [-0.2, 0) is 10.5 Å². The van der Waals surface area contributed by atoms with Gasteiger partial charge in [-0.1, -0.05) is 0 Å². The molecule has 1 atom stereocenters. The molecule has 1 aromatic carbocycles. The zero-order valence-corrected chi connectivity index (χ0v) is 11.6. The minimum Gasteiger partial charge on any atom is -0.497 e. The molecule has 4 rings (SSSR count). The molecule has 0 bridgehead atoms. The van der Waals surface area contributed by atoms with Crippen LogP contribution in [0.4, 0.5) is 11.5 Å². The molecular weight excluding hydrogens is 284 g/mol. The van der Waals surface area contributed by atoms with Gasteiger partial charge in [0, 0.05) is 17.8 Å². The minimum atomic E-state index is -1.35. The highest BCUT2D eigenvalue weighted by molar-refractivity contribution is 6.13. The number of methoxy groups -OCH3 is 1. The molecule has 2 aromatic rings. The Kier molecular flexibility index (Phi) is 2.41. The first-order valence-electron chi connectivity index (χ1n) is 6.70. The van der Waals surface area contributed by atoms with Gasteiger partial charge in [-0.25, -0.2) is 4.98 Å². The summed E-state index contributed by atoms with van der Waals surface area (Å²) in [6.07, 6.45) is 1.57. The Bertz CT molecular complexity index is 820. The smallest absolute Gasteiger partial charge is 0.276 e. The van der Waals surface area contributed by atoms with E-state index in [0.717, 1.165) is 0 Å². The molecule has 7 nitrogen and oxygen atoms in total. The highest BCUT2D eigenvalue weighted by Crippen LogP contribution is 2.40. The highest BCUT2D eigenvalue weighted by Gasteiger charge is 2.51. The van der Waals surface area contributed by atoms with E-state index in [9.17, 15) is 9.59 Å². The largest absolute Gasteiger partial charge is 0.497 e. The maximum atomic E-state index is 12.5. The first kappa shape index (κ1) is 12.6. The quantitative estimate of drug-likeness (QED) is 0.731. The van der Waals surface area contributed by atoms with Crippen molar-refractivity contribution in [2.24, 2.45) is 0 Å². The van der Waals surface area contributed by atoms with Gasteiger partial charge < -0.3 is 20.7 Å². The Balaban J connectivity index is 1.87. The number of pyridine rings is 1. The summed E-state index contributed by atoms with van der Waals surface area (Å²) < 4.78 is 5.16. The highest BCUT2D eigenvalue weighted by atomic mass is 16.5. The number of amides is 2. The van der Waals surface area contributed by atoms with Crippen LogP contribution in [0.2, 0.25) is 0 Å². The van der Waals surface area contributed by atoms with Gasteiger partial charge in [-0.3, -0.25) is 9.59 Å². The number of aromatic nitrogens is 1. The lowest BCUT2D eigenvalue weighted by Crippen LogP contribution is -2.59. The van der Waals surface area contributed by atoms with Crippen LogP contribution in [0.3, 0.4) is 0 Å². The number of nitrogens with zero attached hydrogens (tertiary/aromatic N) is 1. The van der Waals surface area contributed by atoms with Crippen LogP contribution >= 0.6 is 0 Å². The van der Waals surface area contributed by atoms with Crippen LogP contribution in [0, 0.1) is 0 Å². The van der Waals surface area contributed by atoms with Crippen LogP contribution in [0.1, 0.15) is 15.9 Å². The van der Waals surface area contributed by atoms with Crippen molar-refractivity contribution in [3.63, 3.8) is 0 Å². The molecule has 3 N–H and O–H groups in total. The molecule has 7 heteroatoms. The number of anilines is 2. The van der Waals surface area contributed by atoms with Gasteiger partial charge in [-0.2, -0.15) is 0 Å². The van der Waals surface area contributed by atoms with Crippen molar-refractivity contribution in [1.82, 2.24) is 10.3 Å². The van der Waals surface area contributed by atoms with Crippen molar-refractivity contribution in [3.05, 3.63) is 47.7 Å². The molecule has 22 heavy (non-hydrogen) atoms. The average molecular weight is 296 g/mol. The zero-order chi connectivity index (χ0) is 15.3. The van der Waals surface area contributed by atoms with Crippen molar-refractivity contribution in [2.45, 2.75) is 5.66 Å². The van der Waals surface area contributed by atoms with Crippen molar-refractivity contribution >= 4 is 23.3 Å². The number of fused-ring (bicyclic) bond motifs is 3. The summed E-state index contributed by atoms with van der Waals surface area (Å²) in [5, 5.41) is 8.56. The number of carbonyl (C=O) groups excluding carboxylic acids is 2. The van der Waals surface area contributed by atoms with Crippen molar-refractivity contribution in [3.8, 4) is 5.75 Å². The average Bonchev–Trinajstić information content (AvgIpc) is 2.78. The molecule has 0 fully saturated rings. The van der Waals surface area contributed by atoms with E-state index in [1.807, 2.05) is 0 Å². The van der Waals surface area contributed by atoms with Gasteiger partial charge >= 0.3 is 0 Å². The predicted octanol–water partition coefficient (Wildman–Crippen LogP) is 1.05. The number of ether oxygens (including phenoxy) is 1. The molecule has 1 aromatic heterocycles. The molecule has 0 aliphatic carbocycles. The van der Waals surface area contributed by atoms with Crippen molar-refractivity contribution in [1.29, 1.82) is 0 Å². The van der Waals surface area contributed by atoms with E-state index in [-0.39, 0.29) is 11.8 Å². The van der Waals surface area contributed by atoms with Gasteiger partial charge in [0.1, 0.15) is 11.6 Å². The third-order valence-electron chi connectivity index (χ3n) is 3.88. The molecule has 1 spiro atoms. The second kappa shape index (κ2) is 4.20. The van der Waals surface area contributed by atoms with E-state index in [1.54, 1.807) is 43.6 Å². The second-order valence-corrected chi connectivity index (χ2v) is 5.09. The fourth-order valence-electron chi connectivity index (χ4n) is 2.80. The molecule has 1 unspecified atom stereocenters. The monoisotopic (exact) mass is 296 g/mol. The Morgan fingerprint density at radius 1 is 1.18 bits per heavy atom. The molecule has 2 aliphatic rings. The summed E-state index contributed by atoms with van der Waals surface area (Å²) >= 11 is 0. The molecule has 0 radical (unpaired) electrons. The van der Waals surface area contributed by atoms with Crippen molar-refractivity contribution in [2.75, 3.05) is 17.7 Å². The van der Waals surface area contributed by atoms with E-state index in [2.05, 4.69) is 20.9 Å². The number of carbonyl (C=O) groups is 2. The summed E-state index contributed by atoms with van der Waals surface area (Å²) in [6.45, 7) is 0. The van der Waals surface area contributed by atoms with Gasteiger partial charge in [0.25, 0.3) is 11.8 Å². The number of benzene rings is 1. The molecular formula is C15H12N4O3. The van der Waals surface area contributed by atoms with Gasteiger partial charge in [0.15, 0.2) is 0 Å². The maximum absolute atomic E-state index is 12.5. The number of hydrogen-bond donors (Lipinski definition) is 3. The molecule has 2 aliphatic heterocycles.